The van der Waals surface area contributed by atoms with Crippen LogP contribution >= 0.6 is 11.3 Å². The van der Waals surface area contributed by atoms with E-state index < -0.39 is 0 Å². The molecule has 0 spiro atoms. The number of nitriles is 1. The number of hydrogen-bond acceptors (Lipinski definition) is 3. The highest BCUT2D eigenvalue weighted by Gasteiger charge is 2.11. The molecule has 1 N–H and O–H groups in total. The molecule has 2 aromatic carbocycles. The second-order valence-electron chi connectivity index (χ2n) is 4.44. The molecule has 1 heterocycles. The van der Waals surface area contributed by atoms with Crippen molar-refractivity contribution in [1.29, 1.82) is 5.26 Å². The van der Waals surface area contributed by atoms with E-state index in [0.717, 1.165) is 10.1 Å². The fourth-order valence-electron chi connectivity index (χ4n) is 1.98. The predicted octanol–water partition coefficient (Wildman–Crippen LogP) is 4.16. The maximum absolute atomic E-state index is 13.2. The minimum Gasteiger partial charge on any atom is -0.321 e. The number of carbonyl (C=O) groups excluding carboxylic acids is 1. The molecule has 3 rings (SSSR count). The number of benzene rings is 2. The van der Waals surface area contributed by atoms with Crippen molar-refractivity contribution in [2.24, 2.45) is 0 Å². The van der Waals surface area contributed by atoms with Crippen molar-refractivity contribution < 1.29 is 9.18 Å². The van der Waals surface area contributed by atoms with Gasteiger partial charge in [0.15, 0.2) is 0 Å². The zero-order valence-corrected chi connectivity index (χ0v) is 11.6. The fourth-order valence-corrected chi connectivity index (χ4v) is 2.96. The number of rotatable bonds is 2. The van der Waals surface area contributed by atoms with E-state index in [1.807, 2.05) is 6.07 Å². The van der Waals surface area contributed by atoms with Gasteiger partial charge in [-0.15, -0.1) is 11.3 Å². The maximum Gasteiger partial charge on any atom is 0.265 e. The number of anilines is 1. The molecule has 0 aliphatic carbocycles. The second-order valence-corrected chi connectivity index (χ2v) is 5.52. The molecular weight excluding hydrogens is 287 g/mol. The minimum absolute atomic E-state index is 0.272. The van der Waals surface area contributed by atoms with Crippen LogP contribution in [0.1, 0.15) is 15.2 Å². The van der Waals surface area contributed by atoms with Crippen LogP contribution in [0.3, 0.4) is 0 Å². The Hall–Kier alpha value is -2.71. The van der Waals surface area contributed by atoms with Crippen LogP contribution in [0.4, 0.5) is 10.1 Å². The van der Waals surface area contributed by atoms with Gasteiger partial charge in [-0.05, 0) is 41.8 Å². The van der Waals surface area contributed by atoms with Crippen LogP contribution in [0.5, 0.6) is 0 Å². The minimum atomic E-state index is -0.321. The Bertz CT molecular complexity index is 879. The standard InChI is InChI=1S/C16H9FN2OS/c17-12-5-4-11-7-15(21-14(11)8-12)16(20)19-13-3-1-2-10(6-13)9-18/h1-8H,(H,19,20). The van der Waals surface area contributed by atoms with Gasteiger partial charge in [0.25, 0.3) is 5.91 Å². The largest absolute Gasteiger partial charge is 0.321 e. The molecule has 0 fully saturated rings. The number of amides is 1. The van der Waals surface area contributed by atoms with Gasteiger partial charge in [0.1, 0.15) is 5.82 Å². The van der Waals surface area contributed by atoms with E-state index in [1.165, 1.54) is 23.5 Å². The number of fused-ring (bicyclic) bond motifs is 1. The first-order chi connectivity index (χ1) is 10.2. The van der Waals surface area contributed by atoms with E-state index in [0.29, 0.717) is 16.1 Å². The molecular formula is C16H9FN2OS. The van der Waals surface area contributed by atoms with E-state index in [9.17, 15) is 9.18 Å². The van der Waals surface area contributed by atoms with E-state index in [-0.39, 0.29) is 11.7 Å². The van der Waals surface area contributed by atoms with Gasteiger partial charge >= 0.3 is 0 Å². The van der Waals surface area contributed by atoms with Crippen LogP contribution < -0.4 is 5.32 Å². The zero-order valence-electron chi connectivity index (χ0n) is 10.8. The number of nitrogens with one attached hydrogen (secondary N) is 1. The van der Waals surface area contributed by atoms with E-state index in [2.05, 4.69) is 5.32 Å². The molecule has 1 amide bonds. The van der Waals surface area contributed by atoms with Crippen LogP contribution in [-0.2, 0) is 0 Å². The van der Waals surface area contributed by atoms with Crippen LogP contribution in [0.25, 0.3) is 10.1 Å². The molecule has 0 saturated carbocycles. The molecule has 0 saturated heterocycles. The van der Waals surface area contributed by atoms with Crippen molar-refractivity contribution >= 4 is 33.0 Å². The molecule has 0 atom stereocenters. The monoisotopic (exact) mass is 296 g/mol. The van der Waals surface area contributed by atoms with Crippen molar-refractivity contribution in [2.45, 2.75) is 0 Å². The first kappa shape index (κ1) is 13.3. The average Bonchev–Trinajstić information content (AvgIpc) is 2.90. The molecule has 21 heavy (non-hydrogen) atoms. The molecule has 0 aliphatic heterocycles. The van der Waals surface area contributed by atoms with Crippen LogP contribution in [0.2, 0.25) is 0 Å². The van der Waals surface area contributed by atoms with E-state index in [4.69, 9.17) is 5.26 Å². The summed E-state index contributed by atoms with van der Waals surface area (Å²) < 4.78 is 13.9. The number of thiophene rings is 1. The van der Waals surface area contributed by atoms with Crippen molar-refractivity contribution in [3.05, 3.63) is 64.8 Å². The number of halogens is 1. The molecule has 1 aromatic heterocycles. The average molecular weight is 296 g/mol. The first-order valence-corrected chi connectivity index (χ1v) is 6.98. The van der Waals surface area contributed by atoms with Crippen LogP contribution in [0.15, 0.2) is 48.5 Å². The molecule has 102 valence electrons. The Balaban J connectivity index is 1.88. The topological polar surface area (TPSA) is 52.9 Å². The van der Waals surface area contributed by atoms with E-state index >= 15 is 0 Å². The summed E-state index contributed by atoms with van der Waals surface area (Å²) in [4.78, 5) is 12.7. The lowest BCUT2D eigenvalue weighted by Gasteiger charge is -2.03. The van der Waals surface area contributed by atoms with Gasteiger partial charge < -0.3 is 5.32 Å². The first-order valence-electron chi connectivity index (χ1n) is 6.16. The van der Waals surface area contributed by atoms with Gasteiger partial charge in [-0.1, -0.05) is 12.1 Å². The summed E-state index contributed by atoms with van der Waals surface area (Å²) in [6.45, 7) is 0. The molecule has 0 unspecified atom stereocenters. The molecule has 0 radical (unpaired) electrons. The van der Waals surface area contributed by atoms with E-state index in [1.54, 1.807) is 36.4 Å². The van der Waals surface area contributed by atoms with Gasteiger partial charge in [0.05, 0.1) is 16.5 Å². The van der Waals surface area contributed by atoms with Gasteiger partial charge in [-0.3, -0.25) is 4.79 Å². The normalized spacial score (nSPS) is 10.3. The Labute approximate surface area is 124 Å². The van der Waals surface area contributed by atoms with Crippen molar-refractivity contribution in [3.63, 3.8) is 0 Å². The predicted molar refractivity (Wildman–Crippen MR) is 80.9 cm³/mol. The fraction of sp³-hybridized carbons (Fsp3) is 0. The van der Waals surface area contributed by atoms with Gasteiger partial charge in [-0.25, -0.2) is 4.39 Å². The molecule has 0 aliphatic rings. The number of carbonyl (C=O) groups is 1. The van der Waals surface area contributed by atoms with Crippen molar-refractivity contribution in [2.75, 3.05) is 5.32 Å². The SMILES string of the molecule is N#Cc1cccc(NC(=O)c2cc3ccc(F)cc3s2)c1. The summed E-state index contributed by atoms with van der Waals surface area (Å²) in [5, 5.41) is 12.4. The summed E-state index contributed by atoms with van der Waals surface area (Å²) in [6, 6.07) is 14.9. The summed E-state index contributed by atoms with van der Waals surface area (Å²) in [5.41, 5.74) is 1.04. The molecule has 5 heteroatoms. The van der Waals surface area contributed by atoms with Gasteiger partial charge in [0.2, 0.25) is 0 Å². The quantitative estimate of drug-likeness (QED) is 0.771. The highest BCUT2D eigenvalue weighted by Crippen LogP contribution is 2.27. The Morgan fingerprint density at radius 2 is 2.05 bits per heavy atom. The summed E-state index contributed by atoms with van der Waals surface area (Å²) in [5.74, 6) is -0.593. The summed E-state index contributed by atoms with van der Waals surface area (Å²) >= 11 is 1.23. The molecule has 3 aromatic rings. The third kappa shape index (κ3) is 2.76. The van der Waals surface area contributed by atoms with Crippen LogP contribution in [0, 0.1) is 17.1 Å². The number of nitrogens with zero attached hydrogens (tertiary/aromatic N) is 1. The highest BCUT2D eigenvalue weighted by molar-refractivity contribution is 7.20. The zero-order chi connectivity index (χ0) is 14.8. The Morgan fingerprint density at radius 1 is 1.19 bits per heavy atom. The third-order valence-corrected chi connectivity index (χ3v) is 4.05. The van der Waals surface area contributed by atoms with Gasteiger partial charge in [-0.2, -0.15) is 5.26 Å². The van der Waals surface area contributed by atoms with Gasteiger partial charge in [0, 0.05) is 10.4 Å². The molecule has 3 nitrogen and oxygen atoms in total. The van der Waals surface area contributed by atoms with Crippen molar-refractivity contribution in [1.82, 2.24) is 0 Å². The number of hydrogen-bond donors (Lipinski definition) is 1. The third-order valence-electron chi connectivity index (χ3n) is 2.96. The molecule has 0 bridgehead atoms. The smallest absolute Gasteiger partial charge is 0.265 e. The Morgan fingerprint density at radius 3 is 2.86 bits per heavy atom. The summed E-state index contributed by atoms with van der Waals surface area (Å²) in [7, 11) is 0. The van der Waals surface area contributed by atoms with Crippen molar-refractivity contribution in [3.8, 4) is 6.07 Å². The Kier molecular flexibility index (Phi) is 3.38. The lowest BCUT2D eigenvalue weighted by atomic mass is 10.2. The maximum atomic E-state index is 13.2. The lowest BCUT2D eigenvalue weighted by molar-refractivity contribution is 0.103. The van der Waals surface area contributed by atoms with Crippen LogP contribution in [-0.4, -0.2) is 5.91 Å². The lowest BCUT2D eigenvalue weighted by Crippen LogP contribution is -2.09. The summed E-state index contributed by atoms with van der Waals surface area (Å²) in [6.07, 6.45) is 0. The highest BCUT2D eigenvalue weighted by atomic mass is 32.1. The second kappa shape index (κ2) is 5.35.